The van der Waals surface area contributed by atoms with Gasteiger partial charge in [-0.05, 0) is 30.5 Å². The van der Waals surface area contributed by atoms with Gasteiger partial charge in [-0.15, -0.1) is 0 Å². The summed E-state index contributed by atoms with van der Waals surface area (Å²) in [5.74, 6) is 0.642. The Labute approximate surface area is 95.4 Å². The Hall–Kier alpha value is -1.02. The summed E-state index contributed by atoms with van der Waals surface area (Å²) in [4.78, 5) is 11.7. The van der Waals surface area contributed by atoms with E-state index in [1.807, 2.05) is 0 Å². The molecule has 15 heavy (non-hydrogen) atoms. The standard InChI is InChI=1S/C12H16ClNO/c1-8(2)3-4-12(15)9-5-10(13)7-11(14)6-9/h5-8H,3-4,14H2,1-2H3. The zero-order valence-electron chi connectivity index (χ0n) is 9.09. The zero-order valence-corrected chi connectivity index (χ0v) is 9.84. The second kappa shape index (κ2) is 5.17. The van der Waals surface area contributed by atoms with Crippen molar-refractivity contribution >= 4 is 23.1 Å². The smallest absolute Gasteiger partial charge is 0.163 e. The van der Waals surface area contributed by atoms with E-state index >= 15 is 0 Å². The first-order valence-electron chi connectivity index (χ1n) is 5.08. The molecule has 0 saturated carbocycles. The fourth-order valence-corrected chi connectivity index (χ4v) is 1.58. The lowest BCUT2D eigenvalue weighted by atomic mass is 10.0. The minimum Gasteiger partial charge on any atom is -0.399 e. The van der Waals surface area contributed by atoms with Gasteiger partial charge in [0.05, 0.1) is 0 Å². The average molecular weight is 226 g/mol. The monoisotopic (exact) mass is 225 g/mol. The first kappa shape index (κ1) is 12.1. The van der Waals surface area contributed by atoms with Crippen molar-refractivity contribution in [1.82, 2.24) is 0 Å². The van der Waals surface area contributed by atoms with Crippen LogP contribution in [-0.4, -0.2) is 5.78 Å². The second-order valence-corrected chi connectivity index (χ2v) is 4.57. The van der Waals surface area contributed by atoms with Crippen LogP contribution in [0.25, 0.3) is 0 Å². The molecule has 0 aliphatic carbocycles. The molecule has 0 spiro atoms. The molecule has 82 valence electrons. The van der Waals surface area contributed by atoms with E-state index in [1.165, 1.54) is 0 Å². The predicted molar refractivity (Wildman–Crippen MR) is 64.3 cm³/mol. The maximum Gasteiger partial charge on any atom is 0.163 e. The van der Waals surface area contributed by atoms with Gasteiger partial charge in [0.2, 0.25) is 0 Å². The van der Waals surface area contributed by atoms with Gasteiger partial charge in [0.15, 0.2) is 5.78 Å². The SMILES string of the molecule is CC(C)CCC(=O)c1cc(N)cc(Cl)c1. The Bertz CT molecular complexity index is 340. The van der Waals surface area contributed by atoms with Crippen molar-refractivity contribution in [2.24, 2.45) is 5.92 Å². The first-order chi connectivity index (χ1) is 6.99. The van der Waals surface area contributed by atoms with Gasteiger partial charge < -0.3 is 5.73 Å². The van der Waals surface area contributed by atoms with E-state index in [-0.39, 0.29) is 5.78 Å². The van der Waals surface area contributed by atoms with Crippen LogP contribution < -0.4 is 5.73 Å². The van der Waals surface area contributed by atoms with Gasteiger partial charge in [-0.3, -0.25) is 4.79 Å². The fourth-order valence-electron chi connectivity index (χ4n) is 1.34. The molecule has 3 heteroatoms. The van der Waals surface area contributed by atoms with Crippen molar-refractivity contribution in [2.75, 3.05) is 5.73 Å². The fraction of sp³-hybridized carbons (Fsp3) is 0.417. The van der Waals surface area contributed by atoms with E-state index in [9.17, 15) is 4.79 Å². The van der Waals surface area contributed by atoms with Crippen molar-refractivity contribution in [2.45, 2.75) is 26.7 Å². The zero-order chi connectivity index (χ0) is 11.4. The van der Waals surface area contributed by atoms with Gasteiger partial charge >= 0.3 is 0 Å². The number of ketones is 1. The summed E-state index contributed by atoms with van der Waals surface area (Å²) in [6, 6.07) is 4.98. The van der Waals surface area contributed by atoms with Crippen molar-refractivity contribution in [3.8, 4) is 0 Å². The summed E-state index contributed by atoms with van der Waals surface area (Å²) in [5, 5.41) is 0.517. The highest BCUT2D eigenvalue weighted by molar-refractivity contribution is 6.31. The third-order valence-corrected chi connectivity index (χ3v) is 2.41. The molecule has 0 aliphatic heterocycles. The Balaban J connectivity index is 2.73. The molecule has 0 radical (unpaired) electrons. The van der Waals surface area contributed by atoms with Gasteiger partial charge in [-0.2, -0.15) is 0 Å². The third kappa shape index (κ3) is 3.92. The third-order valence-electron chi connectivity index (χ3n) is 2.19. The number of nitrogens with two attached hydrogens (primary N) is 1. The molecule has 1 rings (SSSR count). The quantitative estimate of drug-likeness (QED) is 0.629. The number of hydrogen-bond acceptors (Lipinski definition) is 2. The molecule has 0 aliphatic rings. The first-order valence-corrected chi connectivity index (χ1v) is 5.46. The molecular weight excluding hydrogens is 210 g/mol. The summed E-state index contributed by atoms with van der Waals surface area (Å²) in [7, 11) is 0. The minimum absolute atomic E-state index is 0.109. The largest absolute Gasteiger partial charge is 0.399 e. The van der Waals surface area contributed by atoms with Crippen LogP contribution in [0.2, 0.25) is 5.02 Å². The topological polar surface area (TPSA) is 43.1 Å². The maximum atomic E-state index is 11.7. The van der Waals surface area contributed by atoms with Crippen LogP contribution >= 0.6 is 11.6 Å². The molecule has 1 aromatic carbocycles. The Kier molecular flexibility index (Phi) is 4.15. The highest BCUT2D eigenvalue weighted by atomic mass is 35.5. The van der Waals surface area contributed by atoms with E-state index in [0.717, 1.165) is 6.42 Å². The van der Waals surface area contributed by atoms with E-state index in [2.05, 4.69) is 13.8 Å². The lowest BCUT2D eigenvalue weighted by Gasteiger charge is -2.05. The van der Waals surface area contributed by atoms with Gasteiger partial charge in [-0.25, -0.2) is 0 Å². The number of carbonyl (C=O) groups excluding carboxylic acids is 1. The Morgan fingerprint density at radius 2 is 2.07 bits per heavy atom. The number of benzene rings is 1. The summed E-state index contributed by atoms with van der Waals surface area (Å²) in [6.07, 6.45) is 1.45. The molecule has 0 unspecified atom stereocenters. The van der Waals surface area contributed by atoms with Crippen LogP contribution in [0.1, 0.15) is 37.0 Å². The summed E-state index contributed by atoms with van der Waals surface area (Å²) in [5.41, 5.74) is 6.77. The highest BCUT2D eigenvalue weighted by Crippen LogP contribution is 2.19. The van der Waals surface area contributed by atoms with Gasteiger partial charge in [0.25, 0.3) is 0 Å². The molecule has 0 amide bonds. The number of carbonyl (C=O) groups is 1. The molecule has 0 heterocycles. The maximum absolute atomic E-state index is 11.7. The number of Topliss-reactive ketones (excluding diaryl/α,β-unsaturated/α-hetero) is 1. The molecule has 2 nitrogen and oxygen atoms in total. The van der Waals surface area contributed by atoms with Crippen LogP contribution in [0.15, 0.2) is 18.2 Å². The van der Waals surface area contributed by atoms with Crippen LogP contribution in [-0.2, 0) is 0 Å². The lowest BCUT2D eigenvalue weighted by Crippen LogP contribution is -2.02. The Morgan fingerprint density at radius 1 is 1.40 bits per heavy atom. The van der Waals surface area contributed by atoms with Gasteiger partial charge in [0, 0.05) is 22.7 Å². The molecular formula is C12H16ClNO. The predicted octanol–water partition coefficient (Wildman–Crippen LogP) is 3.54. The average Bonchev–Trinajstić information content (AvgIpc) is 2.12. The highest BCUT2D eigenvalue weighted by Gasteiger charge is 2.08. The number of halogens is 1. The molecule has 0 saturated heterocycles. The van der Waals surface area contributed by atoms with Crippen LogP contribution in [0.4, 0.5) is 5.69 Å². The Morgan fingerprint density at radius 3 is 2.60 bits per heavy atom. The van der Waals surface area contributed by atoms with Gasteiger partial charge in [0.1, 0.15) is 0 Å². The molecule has 0 aromatic heterocycles. The minimum atomic E-state index is 0.109. The second-order valence-electron chi connectivity index (χ2n) is 4.13. The summed E-state index contributed by atoms with van der Waals surface area (Å²) >= 11 is 5.82. The van der Waals surface area contributed by atoms with Crippen LogP contribution in [0.5, 0.6) is 0 Å². The number of anilines is 1. The van der Waals surface area contributed by atoms with Crippen molar-refractivity contribution in [3.63, 3.8) is 0 Å². The summed E-state index contributed by atoms with van der Waals surface area (Å²) in [6.45, 7) is 4.19. The molecule has 0 fully saturated rings. The van der Waals surface area contributed by atoms with E-state index in [0.29, 0.717) is 28.6 Å². The summed E-state index contributed by atoms with van der Waals surface area (Å²) < 4.78 is 0. The molecule has 0 atom stereocenters. The van der Waals surface area contributed by atoms with Gasteiger partial charge in [-0.1, -0.05) is 25.4 Å². The molecule has 1 aromatic rings. The lowest BCUT2D eigenvalue weighted by molar-refractivity contribution is 0.0975. The molecule has 0 bridgehead atoms. The number of rotatable bonds is 4. The van der Waals surface area contributed by atoms with Crippen molar-refractivity contribution in [1.29, 1.82) is 0 Å². The van der Waals surface area contributed by atoms with Crippen molar-refractivity contribution in [3.05, 3.63) is 28.8 Å². The molecule has 2 N–H and O–H groups in total. The van der Waals surface area contributed by atoms with Crippen LogP contribution in [0.3, 0.4) is 0 Å². The van der Waals surface area contributed by atoms with E-state index in [1.54, 1.807) is 18.2 Å². The number of nitrogen functional groups attached to an aromatic ring is 1. The normalized spacial score (nSPS) is 10.7. The number of hydrogen-bond donors (Lipinski definition) is 1. The van der Waals surface area contributed by atoms with Crippen molar-refractivity contribution < 1.29 is 4.79 Å². The van der Waals surface area contributed by atoms with E-state index < -0.39 is 0 Å². The van der Waals surface area contributed by atoms with E-state index in [4.69, 9.17) is 17.3 Å². The van der Waals surface area contributed by atoms with Crippen LogP contribution in [0, 0.1) is 5.92 Å².